The smallest absolute Gasteiger partial charge is 0.259 e. The minimum atomic E-state index is -0.686. The number of ether oxygens (including phenoxy) is 2. The number of amides is 2. The minimum Gasteiger partial charge on any atom is -0.350 e. The molecule has 11 heteroatoms. The van der Waals surface area contributed by atoms with Crippen LogP contribution in [0.3, 0.4) is 0 Å². The van der Waals surface area contributed by atoms with E-state index in [-0.39, 0.29) is 34.1 Å². The molecule has 4 rings (SSSR count). The zero-order chi connectivity index (χ0) is 27.8. The number of rotatable bonds is 10. The molecule has 0 spiro atoms. The van der Waals surface area contributed by atoms with Crippen LogP contribution in [0.5, 0.6) is 0 Å². The molecule has 0 unspecified atom stereocenters. The first-order valence-electron chi connectivity index (χ1n) is 11.9. The third kappa shape index (κ3) is 7.18. The maximum atomic E-state index is 15.2. The zero-order valence-electron chi connectivity index (χ0n) is 21.0. The van der Waals surface area contributed by atoms with Gasteiger partial charge in [0, 0.05) is 36.8 Å². The molecule has 39 heavy (non-hydrogen) atoms. The van der Waals surface area contributed by atoms with Gasteiger partial charge >= 0.3 is 0 Å². The Hall–Kier alpha value is -4.30. The fourth-order valence-electron chi connectivity index (χ4n) is 3.77. The van der Waals surface area contributed by atoms with E-state index in [0.29, 0.717) is 43.7 Å². The van der Waals surface area contributed by atoms with Crippen LogP contribution in [0.15, 0.2) is 59.8 Å². The number of halogens is 2. The Balaban J connectivity index is 1.52. The van der Waals surface area contributed by atoms with E-state index in [0.717, 1.165) is 4.90 Å². The second-order valence-corrected chi connectivity index (χ2v) is 8.90. The molecule has 9 nitrogen and oxygen atoms in total. The number of nitrogens with one attached hydrogen (secondary N) is 1. The average Bonchev–Trinajstić information content (AvgIpc) is 3.47. The number of carbonyl (C=O) groups excluding carboxylic acids is 2. The van der Waals surface area contributed by atoms with Gasteiger partial charge in [0.2, 0.25) is 6.41 Å². The molecule has 0 atom stereocenters. The van der Waals surface area contributed by atoms with Gasteiger partial charge in [0.1, 0.15) is 11.6 Å². The highest BCUT2D eigenvalue weighted by Gasteiger charge is 2.21. The van der Waals surface area contributed by atoms with Crippen LogP contribution in [0, 0.1) is 18.2 Å². The predicted octanol–water partition coefficient (Wildman–Crippen LogP) is 4.43. The Kier molecular flexibility index (Phi) is 9.22. The highest BCUT2D eigenvalue weighted by atomic mass is 35.5. The summed E-state index contributed by atoms with van der Waals surface area (Å²) < 4.78 is 26.0. The van der Waals surface area contributed by atoms with E-state index >= 15 is 4.39 Å². The van der Waals surface area contributed by atoms with Gasteiger partial charge in [0.05, 0.1) is 36.4 Å². The first-order valence-corrected chi connectivity index (χ1v) is 12.3. The molecular weight excluding hydrogens is 525 g/mol. The standard InChI is InChI=1S/C28H25ClFN5O4/c1-3-19-5-9-26(31-16-19)33-28(37)22-15-21(29)6-8-24(22)35(18-36)25-7-4-20(14-23(25)30)17-32-34(2)11-10-27-38-12-13-39-27/h1,4-9,14-18,27H,10-13H2,2H3,(H,31,33,37). The molecule has 3 aromatic rings. The lowest BCUT2D eigenvalue weighted by molar-refractivity contribution is -0.106. The van der Waals surface area contributed by atoms with Crippen molar-refractivity contribution in [3.05, 3.63) is 82.3 Å². The maximum absolute atomic E-state index is 15.2. The van der Waals surface area contributed by atoms with Crippen molar-refractivity contribution in [2.24, 2.45) is 5.10 Å². The summed E-state index contributed by atoms with van der Waals surface area (Å²) in [5.41, 5.74) is 1.15. The predicted molar refractivity (Wildman–Crippen MR) is 147 cm³/mol. The molecule has 200 valence electrons. The second-order valence-electron chi connectivity index (χ2n) is 8.46. The van der Waals surface area contributed by atoms with Crippen LogP contribution in [-0.2, 0) is 14.3 Å². The van der Waals surface area contributed by atoms with E-state index in [4.69, 9.17) is 27.5 Å². The number of hydrazone groups is 1. The van der Waals surface area contributed by atoms with Crippen molar-refractivity contribution in [2.45, 2.75) is 12.7 Å². The largest absolute Gasteiger partial charge is 0.350 e. The van der Waals surface area contributed by atoms with Crippen LogP contribution in [0.25, 0.3) is 0 Å². The molecule has 0 aliphatic carbocycles. The van der Waals surface area contributed by atoms with Gasteiger partial charge in [-0.05, 0) is 48.0 Å². The summed E-state index contributed by atoms with van der Waals surface area (Å²) in [6.07, 6.45) is 9.12. The Morgan fingerprint density at radius 3 is 2.67 bits per heavy atom. The van der Waals surface area contributed by atoms with Gasteiger partial charge in [-0.3, -0.25) is 19.5 Å². The van der Waals surface area contributed by atoms with Crippen molar-refractivity contribution in [1.29, 1.82) is 0 Å². The second kappa shape index (κ2) is 13.0. The Morgan fingerprint density at radius 1 is 1.23 bits per heavy atom. The Bertz CT molecular complexity index is 1400. The van der Waals surface area contributed by atoms with E-state index in [1.54, 1.807) is 30.3 Å². The lowest BCUT2D eigenvalue weighted by Crippen LogP contribution is -2.22. The molecule has 2 aromatic carbocycles. The molecule has 0 bridgehead atoms. The summed E-state index contributed by atoms with van der Waals surface area (Å²) in [5, 5.41) is 8.90. The summed E-state index contributed by atoms with van der Waals surface area (Å²) >= 11 is 6.14. The zero-order valence-corrected chi connectivity index (χ0v) is 21.8. The fourth-order valence-corrected chi connectivity index (χ4v) is 3.94. The lowest BCUT2D eigenvalue weighted by atomic mass is 10.1. The van der Waals surface area contributed by atoms with Crippen molar-refractivity contribution in [1.82, 2.24) is 9.99 Å². The van der Waals surface area contributed by atoms with E-state index in [1.807, 2.05) is 0 Å². The van der Waals surface area contributed by atoms with Crippen LogP contribution in [0.1, 0.15) is 27.9 Å². The molecule has 2 amide bonds. The molecule has 1 aliphatic rings. The minimum absolute atomic E-state index is 0.0410. The molecule has 1 aliphatic heterocycles. The number of benzene rings is 2. The Labute approximate surface area is 230 Å². The molecule has 1 fully saturated rings. The monoisotopic (exact) mass is 549 g/mol. The van der Waals surface area contributed by atoms with Crippen LogP contribution in [0.2, 0.25) is 5.02 Å². The topological polar surface area (TPSA) is 96.4 Å². The van der Waals surface area contributed by atoms with Gasteiger partial charge in [0.15, 0.2) is 6.29 Å². The number of terminal acetylenes is 1. The van der Waals surface area contributed by atoms with E-state index in [9.17, 15) is 9.59 Å². The Morgan fingerprint density at radius 2 is 2.00 bits per heavy atom. The number of hydrogen-bond acceptors (Lipinski definition) is 7. The van der Waals surface area contributed by atoms with E-state index in [2.05, 4.69) is 21.3 Å². The number of hydrogen-bond donors (Lipinski definition) is 1. The van der Waals surface area contributed by atoms with Gasteiger partial charge in [0.25, 0.3) is 5.91 Å². The first kappa shape index (κ1) is 27.7. The maximum Gasteiger partial charge on any atom is 0.259 e. The van der Waals surface area contributed by atoms with E-state index in [1.165, 1.54) is 42.7 Å². The highest BCUT2D eigenvalue weighted by molar-refractivity contribution is 6.31. The SMILES string of the molecule is C#Cc1ccc(NC(=O)c2cc(Cl)ccc2N(C=O)c2ccc(C=NN(C)CCC3OCCO3)cc2F)nc1. The first-order chi connectivity index (χ1) is 18.9. The van der Waals surface area contributed by atoms with Crippen molar-refractivity contribution in [3.63, 3.8) is 0 Å². The molecule has 0 saturated carbocycles. The number of pyridine rings is 1. The van der Waals surface area contributed by atoms with Gasteiger partial charge in [-0.15, -0.1) is 6.42 Å². The quantitative estimate of drug-likeness (QED) is 0.174. The van der Waals surface area contributed by atoms with Crippen molar-refractivity contribution in [3.8, 4) is 12.3 Å². The third-order valence-electron chi connectivity index (χ3n) is 5.75. The lowest BCUT2D eigenvalue weighted by Gasteiger charge is -2.21. The average molecular weight is 550 g/mol. The van der Waals surface area contributed by atoms with Crippen LogP contribution in [0.4, 0.5) is 21.6 Å². The normalized spacial score (nSPS) is 13.3. The summed E-state index contributed by atoms with van der Waals surface area (Å²) in [6.45, 7) is 1.76. The van der Waals surface area contributed by atoms with Crippen LogP contribution in [-0.4, -0.2) is 61.6 Å². The third-order valence-corrected chi connectivity index (χ3v) is 5.99. The van der Waals surface area contributed by atoms with Crippen LogP contribution >= 0.6 is 11.6 Å². The summed E-state index contributed by atoms with van der Waals surface area (Å²) in [7, 11) is 1.79. The number of aromatic nitrogens is 1. The van der Waals surface area contributed by atoms with E-state index < -0.39 is 11.7 Å². The molecule has 0 radical (unpaired) electrons. The van der Waals surface area contributed by atoms with Crippen molar-refractivity contribution < 1.29 is 23.5 Å². The number of anilines is 3. The number of nitrogens with zero attached hydrogens (tertiary/aromatic N) is 4. The summed E-state index contributed by atoms with van der Waals surface area (Å²) in [5.74, 6) is 1.40. The van der Waals surface area contributed by atoms with Crippen molar-refractivity contribution in [2.75, 3.05) is 37.0 Å². The highest BCUT2D eigenvalue weighted by Crippen LogP contribution is 2.32. The van der Waals surface area contributed by atoms with Gasteiger partial charge in [-0.25, -0.2) is 9.37 Å². The molecule has 1 N–H and O–H groups in total. The molecule has 1 aromatic heterocycles. The number of carbonyl (C=O) groups is 2. The van der Waals surface area contributed by atoms with Crippen LogP contribution < -0.4 is 10.2 Å². The molecule has 1 saturated heterocycles. The summed E-state index contributed by atoms with van der Waals surface area (Å²) in [4.78, 5) is 30.4. The summed E-state index contributed by atoms with van der Waals surface area (Å²) in [6, 6.07) is 11.8. The van der Waals surface area contributed by atoms with Gasteiger partial charge < -0.3 is 14.8 Å². The fraction of sp³-hybridized carbons (Fsp3) is 0.214. The molecule has 2 heterocycles. The van der Waals surface area contributed by atoms with Crippen molar-refractivity contribution >= 4 is 47.3 Å². The molecular formula is C28H25ClFN5O4. The van der Waals surface area contributed by atoms with Gasteiger partial charge in [-0.1, -0.05) is 23.6 Å². The van der Waals surface area contributed by atoms with Gasteiger partial charge in [-0.2, -0.15) is 5.10 Å².